The van der Waals surface area contributed by atoms with Crippen LogP contribution < -0.4 is 0 Å². The van der Waals surface area contributed by atoms with Gasteiger partial charge in [-0.25, -0.2) is 0 Å². The average Bonchev–Trinajstić information content (AvgIpc) is 2.00. The van der Waals surface area contributed by atoms with E-state index in [1.165, 1.54) is 22.3 Å². The van der Waals surface area contributed by atoms with E-state index in [2.05, 4.69) is 63.3 Å². The van der Waals surface area contributed by atoms with Crippen molar-refractivity contribution in [3.05, 3.63) is 44.0 Å². The summed E-state index contributed by atoms with van der Waals surface area (Å²) < 4.78 is 0. The standard InChI is InChI=1S/2C7H11.V/c2*1-6(2)5-7(3)4;/h2*1,5H,2-4H3;. The second-order valence-corrected chi connectivity index (χ2v) is 5.61. The topological polar surface area (TPSA) is 0 Å². The van der Waals surface area contributed by atoms with Crippen LogP contribution in [0.5, 0.6) is 0 Å². The van der Waals surface area contributed by atoms with Crippen molar-refractivity contribution in [1.29, 1.82) is 0 Å². The third-order valence-corrected chi connectivity index (χ3v) is 3.33. The molecule has 0 aromatic heterocycles. The first kappa shape index (κ1) is 14.5. The molecule has 1 heteroatoms. The van der Waals surface area contributed by atoms with Crippen LogP contribution >= 0.6 is 0 Å². The van der Waals surface area contributed by atoms with Crippen molar-refractivity contribution in [2.75, 3.05) is 0 Å². The number of allylic oxidation sites excluding steroid dienone is 6. The third kappa shape index (κ3) is 9.84. The van der Waals surface area contributed by atoms with Crippen LogP contribution in [0, 0.1) is 0 Å². The van der Waals surface area contributed by atoms with Crippen molar-refractivity contribution in [2.45, 2.75) is 41.5 Å². The molecule has 0 aliphatic heterocycles. The van der Waals surface area contributed by atoms with Crippen molar-refractivity contribution in [1.82, 2.24) is 0 Å². The fraction of sp³-hybridized carbons (Fsp3) is 0.429. The van der Waals surface area contributed by atoms with E-state index in [0.29, 0.717) is 0 Å². The summed E-state index contributed by atoms with van der Waals surface area (Å²) in [6.45, 7) is 12.9. The Kier molecular flexibility index (Phi) is 7.55. The van der Waals surface area contributed by atoms with Crippen molar-refractivity contribution in [3.8, 4) is 0 Å². The molecule has 0 bridgehead atoms. The van der Waals surface area contributed by atoms with E-state index in [1.54, 1.807) is 0 Å². The normalized spacial score (nSPS) is 12.1. The molecular weight excluding hydrogens is 219 g/mol. The Bertz CT molecular complexity index is 274. The molecular formula is C14H22V. The molecule has 0 saturated carbocycles. The van der Waals surface area contributed by atoms with E-state index in [9.17, 15) is 0 Å². The molecule has 15 heavy (non-hydrogen) atoms. The Morgan fingerprint density at radius 3 is 1.27 bits per heavy atom. The van der Waals surface area contributed by atoms with E-state index in [0.717, 1.165) is 0 Å². The summed E-state index contributed by atoms with van der Waals surface area (Å²) in [6, 6.07) is 0. The van der Waals surface area contributed by atoms with Crippen molar-refractivity contribution in [3.63, 3.8) is 0 Å². The molecule has 0 rings (SSSR count). The number of hydrogen-bond donors (Lipinski definition) is 0. The molecule has 0 aliphatic carbocycles. The van der Waals surface area contributed by atoms with Gasteiger partial charge in [0.25, 0.3) is 0 Å². The van der Waals surface area contributed by atoms with Gasteiger partial charge >= 0.3 is 102 Å². The molecule has 83 valence electrons. The third-order valence-electron chi connectivity index (χ3n) is 1.59. The molecule has 0 fully saturated rings. The van der Waals surface area contributed by atoms with Gasteiger partial charge in [-0.3, -0.25) is 0 Å². The molecule has 0 amide bonds. The summed E-state index contributed by atoms with van der Waals surface area (Å²) in [5, 5.41) is 0. The molecule has 0 radical (unpaired) electrons. The zero-order chi connectivity index (χ0) is 11.8. The second-order valence-electron chi connectivity index (χ2n) is 4.34. The fourth-order valence-corrected chi connectivity index (χ4v) is 2.34. The van der Waals surface area contributed by atoms with Gasteiger partial charge in [0.2, 0.25) is 0 Å². The predicted molar refractivity (Wildman–Crippen MR) is 66.4 cm³/mol. The van der Waals surface area contributed by atoms with Crippen LogP contribution in [0.15, 0.2) is 44.0 Å². The Morgan fingerprint density at radius 1 is 0.667 bits per heavy atom. The van der Waals surface area contributed by atoms with Gasteiger partial charge in [0, 0.05) is 0 Å². The summed E-state index contributed by atoms with van der Waals surface area (Å²) >= 11 is 0.208. The quantitative estimate of drug-likeness (QED) is 0.620. The van der Waals surface area contributed by atoms with Crippen LogP contribution in [-0.2, 0) is 16.3 Å². The van der Waals surface area contributed by atoms with Gasteiger partial charge in [0.15, 0.2) is 0 Å². The first-order valence-corrected chi connectivity index (χ1v) is 6.86. The fourth-order valence-electron chi connectivity index (χ4n) is 1.26. The molecule has 0 saturated heterocycles. The van der Waals surface area contributed by atoms with Crippen molar-refractivity contribution in [2.24, 2.45) is 0 Å². The Morgan fingerprint density at radius 2 is 1.00 bits per heavy atom. The van der Waals surface area contributed by atoms with Crippen molar-refractivity contribution >= 4 is 0 Å². The molecule has 0 atom stereocenters. The number of rotatable bonds is 4. The zero-order valence-electron chi connectivity index (χ0n) is 10.8. The van der Waals surface area contributed by atoms with Crippen LogP contribution in [-0.4, -0.2) is 0 Å². The van der Waals surface area contributed by atoms with Crippen LogP contribution in [0.1, 0.15) is 41.5 Å². The monoisotopic (exact) mass is 241 g/mol. The van der Waals surface area contributed by atoms with Gasteiger partial charge in [-0.1, -0.05) is 0 Å². The minimum atomic E-state index is 0.208. The van der Waals surface area contributed by atoms with Gasteiger partial charge < -0.3 is 0 Å². The van der Waals surface area contributed by atoms with Gasteiger partial charge in [-0.2, -0.15) is 0 Å². The molecule has 0 heterocycles. The Balaban J connectivity index is 4.29. The summed E-state index contributed by atoms with van der Waals surface area (Å²) in [5.74, 6) is 0. The van der Waals surface area contributed by atoms with Gasteiger partial charge in [0.05, 0.1) is 0 Å². The van der Waals surface area contributed by atoms with Gasteiger partial charge in [-0.05, 0) is 0 Å². The molecule has 0 unspecified atom stereocenters. The molecule has 0 aromatic rings. The molecule has 0 N–H and O–H groups in total. The van der Waals surface area contributed by atoms with E-state index >= 15 is 0 Å². The van der Waals surface area contributed by atoms with Crippen LogP contribution in [0.25, 0.3) is 0 Å². The van der Waals surface area contributed by atoms with E-state index in [1.807, 2.05) is 0 Å². The first-order valence-electron chi connectivity index (χ1n) is 5.25. The van der Waals surface area contributed by atoms with E-state index < -0.39 is 0 Å². The minimum absolute atomic E-state index is 0.208. The summed E-state index contributed by atoms with van der Waals surface area (Å²) in [4.78, 5) is 4.71. The maximum atomic E-state index is 2.35. The summed E-state index contributed by atoms with van der Waals surface area (Å²) in [7, 11) is 0. The molecule has 0 aromatic carbocycles. The first-order chi connectivity index (χ1) is 6.91. The summed E-state index contributed by atoms with van der Waals surface area (Å²) in [5.41, 5.74) is 5.51. The second kappa shape index (κ2) is 7.79. The van der Waals surface area contributed by atoms with E-state index in [-0.39, 0.29) is 16.3 Å². The molecule has 0 aliphatic rings. The van der Waals surface area contributed by atoms with Gasteiger partial charge in [0.1, 0.15) is 0 Å². The Labute approximate surface area is 102 Å². The van der Waals surface area contributed by atoms with Gasteiger partial charge in [-0.15, -0.1) is 0 Å². The van der Waals surface area contributed by atoms with E-state index in [4.69, 9.17) is 0 Å². The predicted octanol–water partition coefficient (Wildman–Crippen LogP) is 4.81. The SMILES string of the molecule is CC(C)=C/C(C)=[CH]\[V]/[CH]=C(/C)C=C(C)C. The van der Waals surface area contributed by atoms with Crippen molar-refractivity contribution < 1.29 is 16.3 Å². The number of hydrogen-bond acceptors (Lipinski definition) is 0. The van der Waals surface area contributed by atoms with Crippen LogP contribution in [0.3, 0.4) is 0 Å². The molecule has 0 nitrogen and oxygen atoms in total. The Hall–Kier alpha value is -0.456. The van der Waals surface area contributed by atoms with Crippen LogP contribution in [0.2, 0.25) is 0 Å². The summed E-state index contributed by atoms with van der Waals surface area (Å²) in [6.07, 6.45) is 4.47. The average molecular weight is 241 g/mol. The zero-order valence-corrected chi connectivity index (χ0v) is 12.2. The molecule has 0 spiro atoms. The van der Waals surface area contributed by atoms with Crippen LogP contribution in [0.4, 0.5) is 0 Å². The maximum absolute atomic E-state index is 2.35.